The standard InChI is InChI=1S/C9H16N4O/c1-13-7-5-8(12-13)11-9(14)4-2-3-6-10/h5,7H,2-4,6,10H2,1H3,(H,11,12,14). The molecule has 0 aliphatic carbocycles. The van der Waals surface area contributed by atoms with Crippen LogP contribution < -0.4 is 11.1 Å². The topological polar surface area (TPSA) is 72.9 Å². The second-order valence-electron chi connectivity index (χ2n) is 3.17. The Bertz CT molecular complexity index is 295. The Hall–Kier alpha value is -1.36. The van der Waals surface area contributed by atoms with Crippen molar-refractivity contribution in [1.29, 1.82) is 0 Å². The molecule has 0 unspecified atom stereocenters. The van der Waals surface area contributed by atoms with Crippen LogP contribution in [-0.2, 0) is 11.8 Å². The first kappa shape index (κ1) is 10.7. The Morgan fingerprint density at radius 3 is 3.00 bits per heavy atom. The van der Waals surface area contributed by atoms with Crippen LogP contribution in [0, 0.1) is 0 Å². The number of hydrogen-bond donors (Lipinski definition) is 2. The summed E-state index contributed by atoms with van der Waals surface area (Å²) in [6.07, 6.45) is 4.01. The Morgan fingerprint density at radius 1 is 1.64 bits per heavy atom. The lowest BCUT2D eigenvalue weighted by atomic mass is 10.2. The number of nitrogens with one attached hydrogen (secondary N) is 1. The van der Waals surface area contributed by atoms with Crippen molar-refractivity contribution in [3.8, 4) is 0 Å². The molecule has 5 heteroatoms. The Kier molecular flexibility index (Phi) is 4.12. The molecule has 0 aromatic carbocycles. The summed E-state index contributed by atoms with van der Waals surface area (Å²) in [5, 5.41) is 6.75. The lowest BCUT2D eigenvalue weighted by Gasteiger charge is -2.00. The van der Waals surface area contributed by atoms with Crippen molar-refractivity contribution in [2.75, 3.05) is 11.9 Å². The summed E-state index contributed by atoms with van der Waals surface area (Å²) in [7, 11) is 1.81. The molecule has 1 amide bonds. The van der Waals surface area contributed by atoms with Crippen LogP contribution in [0.2, 0.25) is 0 Å². The minimum absolute atomic E-state index is 0.00264. The number of amides is 1. The fourth-order valence-electron chi connectivity index (χ4n) is 1.12. The van der Waals surface area contributed by atoms with Gasteiger partial charge in [-0.2, -0.15) is 5.10 Å². The molecule has 0 aliphatic heterocycles. The molecule has 0 fully saturated rings. The third-order valence-corrected chi connectivity index (χ3v) is 1.84. The van der Waals surface area contributed by atoms with Gasteiger partial charge in [0.15, 0.2) is 5.82 Å². The van der Waals surface area contributed by atoms with Crippen LogP contribution >= 0.6 is 0 Å². The van der Waals surface area contributed by atoms with Gasteiger partial charge < -0.3 is 11.1 Å². The summed E-state index contributed by atoms with van der Waals surface area (Å²) >= 11 is 0. The van der Waals surface area contributed by atoms with Gasteiger partial charge >= 0.3 is 0 Å². The second kappa shape index (κ2) is 5.39. The van der Waals surface area contributed by atoms with Crippen LogP contribution in [0.1, 0.15) is 19.3 Å². The van der Waals surface area contributed by atoms with Crippen LogP contribution in [0.15, 0.2) is 12.3 Å². The number of aryl methyl sites for hydroxylation is 1. The summed E-state index contributed by atoms with van der Waals surface area (Å²) in [5.74, 6) is 0.599. The summed E-state index contributed by atoms with van der Waals surface area (Å²) in [4.78, 5) is 11.3. The fraction of sp³-hybridized carbons (Fsp3) is 0.556. The Balaban J connectivity index is 2.27. The van der Waals surface area contributed by atoms with Crippen molar-refractivity contribution >= 4 is 11.7 Å². The molecule has 14 heavy (non-hydrogen) atoms. The first-order chi connectivity index (χ1) is 6.72. The van der Waals surface area contributed by atoms with Crippen LogP contribution in [0.25, 0.3) is 0 Å². The van der Waals surface area contributed by atoms with Crippen molar-refractivity contribution in [3.05, 3.63) is 12.3 Å². The number of hydrogen-bond acceptors (Lipinski definition) is 3. The zero-order valence-corrected chi connectivity index (χ0v) is 8.36. The summed E-state index contributed by atoms with van der Waals surface area (Å²) < 4.78 is 1.65. The van der Waals surface area contributed by atoms with Crippen LogP contribution in [0.4, 0.5) is 5.82 Å². The van der Waals surface area contributed by atoms with Gasteiger partial charge in [-0.15, -0.1) is 0 Å². The number of unbranched alkanes of at least 4 members (excludes halogenated alkanes) is 1. The number of rotatable bonds is 5. The van der Waals surface area contributed by atoms with Crippen molar-refractivity contribution in [1.82, 2.24) is 9.78 Å². The minimum Gasteiger partial charge on any atom is -0.330 e. The molecule has 1 rings (SSSR count). The number of nitrogens with zero attached hydrogens (tertiary/aromatic N) is 2. The number of carbonyl (C=O) groups excluding carboxylic acids is 1. The van der Waals surface area contributed by atoms with Crippen molar-refractivity contribution < 1.29 is 4.79 Å². The van der Waals surface area contributed by atoms with E-state index in [4.69, 9.17) is 5.73 Å². The highest BCUT2D eigenvalue weighted by Crippen LogP contribution is 2.03. The predicted octanol–water partition coefficient (Wildman–Crippen LogP) is 0.488. The maximum absolute atomic E-state index is 11.3. The molecule has 0 radical (unpaired) electrons. The van der Waals surface area contributed by atoms with Gasteiger partial charge in [-0.3, -0.25) is 9.48 Å². The highest BCUT2D eigenvalue weighted by atomic mass is 16.1. The van der Waals surface area contributed by atoms with E-state index in [0.717, 1.165) is 12.8 Å². The van der Waals surface area contributed by atoms with Crippen molar-refractivity contribution in [3.63, 3.8) is 0 Å². The number of aromatic nitrogens is 2. The average Bonchev–Trinajstić information content (AvgIpc) is 2.52. The fourth-order valence-corrected chi connectivity index (χ4v) is 1.12. The maximum atomic E-state index is 11.3. The largest absolute Gasteiger partial charge is 0.330 e. The lowest BCUT2D eigenvalue weighted by molar-refractivity contribution is -0.116. The summed E-state index contributed by atoms with van der Waals surface area (Å²) in [6.45, 7) is 0.636. The Labute approximate surface area is 83.3 Å². The molecular weight excluding hydrogens is 180 g/mol. The SMILES string of the molecule is Cn1ccc(NC(=O)CCCCN)n1. The zero-order chi connectivity index (χ0) is 10.4. The molecule has 78 valence electrons. The quantitative estimate of drug-likeness (QED) is 0.673. The molecule has 0 saturated heterocycles. The van der Waals surface area contributed by atoms with Gasteiger partial charge in [0, 0.05) is 25.7 Å². The monoisotopic (exact) mass is 196 g/mol. The maximum Gasteiger partial charge on any atom is 0.225 e. The molecule has 0 aliphatic rings. The van der Waals surface area contributed by atoms with Crippen LogP contribution in [0.3, 0.4) is 0 Å². The molecule has 0 spiro atoms. The average molecular weight is 196 g/mol. The van der Waals surface area contributed by atoms with Crippen molar-refractivity contribution in [2.45, 2.75) is 19.3 Å². The smallest absolute Gasteiger partial charge is 0.225 e. The summed E-state index contributed by atoms with van der Waals surface area (Å²) in [6, 6.07) is 1.76. The molecule has 5 nitrogen and oxygen atoms in total. The lowest BCUT2D eigenvalue weighted by Crippen LogP contribution is -2.12. The van der Waals surface area contributed by atoms with E-state index >= 15 is 0 Å². The van der Waals surface area contributed by atoms with Gasteiger partial charge in [0.05, 0.1) is 0 Å². The van der Waals surface area contributed by atoms with E-state index in [1.807, 2.05) is 7.05 Å². The first-order valence-corrected chi connectivity index (χ1v) is 4.72. The molecule has 1 heterocycles. The third kappa shape index (κ3) is 3.57. The molecule has 3 N–H and O–H groups in total. The Morgan fingerprint density at radius 2 is 2.43 bits per heavy atom. The summed E-state index contributed by atoms with van der Waals surface area (Å²) in [5.41, 5.74) is 5.32. The van der Waals surface area contributed by atoms with E-state index in [2.05, 4.69) is 10.4 Å². The zero-order valence-electron chi connectivity index (χ0n) is 8.36. The van der Waals surface area contributed by atoms with Gasteiger partial charge in [-0.1, -0.05) is 0 Å². The second-order valence-corrected chi connectivity index (χ2v) is 3.17. The van der Waals surface area contributed by atoms with Crippen LogP contribution in [-0.4, -0.2) is 22.2 Å². The normalized spacial score (nSPS) is 10.1. The minimum atomic E-state index is -0.00264. The van der Waals surface area contributed by atoms with Crippen LogP contribution in [0.5, 0.6) is 0 Å². The molecule has 0 bridgehead atoms. The predicted molar refractivity (Wildman–Crippen MR) is 54.7 cm³/mol. The van der Waals surface area contributed by atoms with E-state index in [-0.39, 0.29) is 5.91 Å². The number of anilines is 1. The first-order valence-electron chi connectivity index (χ1n) is 4.72. The molecule has 0 atom stereocenters. The van der Waals surface area contributed by atoms with Crippen molar-refractivity contribution in [2.24, 2.45) is 12.8 Å². The van der Waals surface area contributed by atoms with Gasteiger partial charge in [0.1, 0.15) is 0 Å². The van der Waals surface area contributed by atoms with E-state index in [1.165, 1.54) is 0 Å². The molecule has 1 aromatic rings. The van der Waals surface area contributed by atoms with Gasteiger partial charge in [0.2, 0.25) is 5.91 Å². The molecule has 0 saturated carbocycles. The van der Waals surface area contributed by atoms with Gasteiger partial charge in [0.25, 0.3) is 0 Å². The number of carbonyl (C=O) groups is 1. The third-order valence-electron chi connectivity index (χ3n) is 1.84. The number of nitrogens with two attached hydrogens (primary N) is 1. The van der Waals surface area contributed by atoms with Gasteiger partial charge in [-0.25, -0.2) is 0 Å². The van der Waals surface area contributed by atoms with Gasteiger partial charge in [-0.05, 0) is 19.4 Å². The van der Waals surface area contributed by atoms with E-state index in [9.17, 15) is 4.79 Å². The van der Waals surface area contributed by atoms with E-state index in [1.54, 1.807) is 16.9 Å². The molecule has 1 aromatic heterocycles. The van der Waals surface area contributed by atoms with E-state index < -0.39 is 0 Å². The highest BCUT2D eigenvalue weighted by molar-refractivity contribution is 5.89. The highest BCUT2D eigenvalue weighted by Gasteiger charge is 2.03. The van der Waals surface area contributed by atoms with E-state index in [0.29, 0.717) is 18.8 Å². The molecular formula is C9H16N4O.